The van der Waals surface area contributed by atoms with Gasteiger partial charge in [-0.25, -0.2) is 0 Å². The summed E-state index contributed by atoms with van der Waals surface area (Å²) in [5.41, 5.74) is 2.30. The highest BCUT2D eigenvalue weighted by atomic mass is 35.5. The van der Waals surface area contributed by atoms with Crippen molar-refractivity contribution in [3.05, 3.63) is 53.6 Å². The molecule has 0 aromatic heterocycles. The molecule has 5 nitrogen and oxygen atoms in total. The number of amides is 2. The first kappa shape index (κ1) is 16.8. The fraction of sp³-hybridized carbons (Fsp3) is 0.176. The van der Waals surface area contributed by atoms with Crippen LogP contribution >= 0.6 is 11.6 Å². The Hall–Kier alpha value is -2.53. The van der Waals surface area contributed by atoms with Crippen molar-refractivity contribution in [2.24, 2.45) is 0 Å². The van der Waals surface area contributed by atoms with Gasteiger partial charge in [0.25, 0.3) is 0 Å². The van der Waals surface area contributed by atoms with Crippen LogP contribution in [0.4, 0.5) is 17.1 Å². The average Bonchev–Trinajstić information content (AvgIpc) is 2.48. The number of hydrogen-bond donors (Lipinski definition) is 3. The third-order valence-corrected chi connectivity index (χ3v) is 3.23. The smallest absolute Gasteiger partial charge is 0.226 e. The van der Waals surface area contributed by atoms with E-state index >= 15 is 0 Å². The first-order valence-electron chi connectivity index (χ1n) is 7.20. The lowest BCUT2D eigenvalue weighted by molar-refractivity contribution is -0.116. The summed E-state index contributed by atoms with van der Waals surface area (Å²) in [6.45, 7) is 1.97. The number of anilines is 3. The zero-order valence-corrected chi connectivity index (χ0v) is 13.5. The molecule has 0 saturated carbocycles. The molecule has 0 spiro atoms. The summed E-state index contributed by atoms with van der Waals surface area (Å²) < 4.78 is 0. The Morgan fingerprint density at radius 2 is 1.65 bits per heavy atom. The second-order valence-corrected chi connectivity index (χ2v) is 5.43. The normalized spacial score (nSPS) is 10.0. The maximum Gasteiger partial charge on any atom is 0.226 e. The number of rotatable bonds is 6. The minimum absolute atomic E-state index is 0.0883. The topological polar surface area (TPSA) is 70.2 Å². The molecule has 6 heteroatoms. The minimum atomic E-state index is -0.108. The molecule has 0 aliphatic carbocycles. The predicted octanol–water partition coefficient (Wildman–Crippen LogP) is 3.74. The SMILES string of the molecule is CC(=O)Nc1ccc(NCCC(=O)Nc2cccc(Cl)c2)cc1. The van der Waals surface area contributed by atoms with Crippen LogP contribution in [0.2, 0.25) is 5.02 Å². The first-order chi connectivity index (χ1) is 11.0. The fourth-order valence-electron chi connectivity index (χ4n) is 1.98. The van der Waals surface area contributed by atoms with Gasteiger partial charge in [-0.3, -0.25) is 9.59 Å². The molecule has 120 valence electrons. The van der Waals surface area contributed by atoms with Gasteiger partial charge in [-0.1, -0.05) is 17.7 Å². The van der Waals surface area contributed by atoms with Crippen LogP contribution in [0, 0.1) is 0 Å². The summed E-state index contributed by atoms with van der Waals surface area (Å²) >= 11 is 5.87. The second kappa shape index (κ2) is 8.19. The first-order valence-corrected chi connectivity index (χ1v) is 7.58. The molecule has 2 amide bonds. The Balaban J connectivity index is 1.76. The molecular formula is C17H18ClN3O2. The molecule has 0 heterocycles. The number of carbonyl (C=O) groups excluding carboxylic acids is 2. The second-order valence-electron chi connectivity index (χ2n) is 4.99. The largest absolute Gasteiger partial charge is 0.385 e. The maximum absolute atomic E-state index is 11.8. The molecule has 2 aromatic rings. The van der Waals surface area contributed by atoms with Crippen molar-refractivity contribution in [2.75, 3.05) is 22.5 Å². The average molecular weight is 332 g/mol. The van der Waals surface area contributed by atoms with Gasteiger partial charge in [0, 0.05) is 42.0 Å². The molecule has 23 heavy (non-hydrogen) atoms. The van der Waals surface area contributed by atoms with E-state index < -0.39 is 0 Å². The monoisotopic (exact) mass is 331 g/mol. The summed E-state index contributed by atoms with van der Waals surface area (Å²) in [5.74, 6) is -0.196. The van der Waals surface area contributed by atoms with E-state index in [4.69, 9.17) is 11.6 Å². The van der Waals surface area contributed by atoms with Crippen molar-refractivity contribution in [1.29, 1.82) is 0 Å². The van der Waals surface area contributed by atoms with Crippen LogP contribution in [0.1, 0.15) is 13.3 Å². The molecule has 0 bridgehead atoms. The van der Waals surface area contributed by atoms with Gasteiger partial charge in [-0.2, -0.15) is 0 Å². The van der Waals surface area contributed by atoms with Gasteiger partial charge in [0.05, 0.1) is 0 Å². The van der Waals surface area contributed by atoms with Crippen molar-refractivity contribution in [2.45, 2.75) is 13.3 Å². The van der Waals surface area contributed by atoms with Crippen molar-refractivity contribution in [3.63, 3.8) is 0 Å². The molecule has 0 fully saturated rings. The Bertz CT molecular complexity index is 686. The van der Waals surface area contributed by atoms with Gasteiger partial charge < -0.3 is 16.0 Å². The van der Waals surface area contributed by atoms with Crippen molar-refractivity contribution in [1.82, 2.24) is 0 Å². The van der Waals surface area contributed by atoms with E-state index in [1.54, 1.807) is 36.4 Å². The van der Waals surface area contributed by atoms with E-state index in [2.05, 4.69) is 16.0 Å². The number of nitrogens with one attached hydrogen (secondary N) is 3. The van der Waals surface area contributed by atoms with Crippen LogP contribution in [0.5, 0.6) is 0 Å². The molecule has 0 aliphatic rings. The van der Waals surface area contributed by atoms with Crippen LogP contribution in [-0.4, -0.2) is 18.4 Å². The highest BCUT2D eigenvalue weighted by molar-refractivity contribution is 6.30. The Morgan fingerprint density at radius 1 is 0.957 bits per heavy atom. The Morgan fingerprint density at radius 3 is 2.30 bits per heavy atom. The van der Waals surface area contributed by atoms with Gasteiger partial charge >= 0.3 is 0 Å². The predicted molar refractivity (Wildman–Crippen MR) is 93.9 cm³/mol. The number of halogens is 1. The fourth-order valence-corrected chi connectivity index (χ4v) is 2.18. The standard InChI is InChI=1S/C17H18ClN3O2/c1-12(22)20-15-7-5-14(6-8-15)19-10-9-17(23)21-16-4-2-3-13(18)11-16/h2-8,11,19H,9-10H2,1H3,(H,20,22)(H,21,23). The maximum atomic E-state index is 11.8. The third kappa shape index (κ3) is 6.00. The van der Waals surface area contributed by atoms with Gasteiger partial charge in [0.2, 0.25) is 11.8 Å². The molecular weight excluding hydrogens is 314 g/mol. The van der Waals surface area contributed by atoms with E-state index in [1.807, 2.05) is 12.1 Å². The number of hydrogen-bond acceptors (Lipinski definition) is 3. The number of carbonyl (C=O) groups is 2. The molecule has 2 rings (SSSR count). The van der Waals surface area contributed by atoms with Gasteiger partial charge in [0.15, 0.2) is 0 Å². The summed E-state index contributed by atoms with van der Waals surface area (Å²) in [6.07, 6.45) is 0.333. The van der Waals surface area contributed by atoms with Crippen molar-refractivity contribution >= 4 is 40.5 Å². The van der Waals surface area contributed by atoms with Crippen molar-refractivity contribution in [3.8, 4) is 0 Å². The zero-order chi connectivity index (χ0) is 16.7. The molecule has 0 radical (unpaired) electrons. The van der Waals surface area contributed by atoms with Gasteiger partial charge in [-0.05, 0) is 42.5 Å². The zero-order valence-electron chi connectivity index (χ0n) is 12.7. The van der Waals surface area contributed by atoms with Gasteiger partial charge in [-0.15, -0.1) is 0 Å². The Kier molecular flexibility index (Phi) is 6.00. The lowest BCUT2D eigenvalue weighted by atomic mass is 10.2. The lowest BCUT2D eigenvalue weighted by Crippen LogP contribution is -2.16. The Labute approximate surface area is 140 Å². The van der Waals surface area contributed by atoms with Crippen LogP contribution in [-0.2, 0) is 9.59 Å². The summed E-state index contributed by atoms with van der Waals surface area (Å²) in [5, 5.41) is 9.22. The van der Waals surface area contributed by atoms with E-state index in [0.29, 0.717) is 23.7 Å². The quantitative estimate of drug-likeness (QED) is 0.755. The van der Waals surface area contributed by atoms with Crippen LogP contribution in [0.25, 0.3) is 0 Å². The van der Waals surface area contributed by atoms with E-state index in [9.17, 15) is 9.59 Å². The number of benzene rings is 2. The molecule has 0 atom stereocenters. The van der Waals surface area contributed by atoms with E-state index in [-0.39, 0.29) is 11.8 Å². The van der Waals surface area contributed by atoms with Crippen molar-refractivity contribution < 1.29 is 9.59 Å². The van der Waals surface area contributed by atoms with Crippen LogP contribution in [0.15, 0.2) is 48.5 Å². The lowest BCUT2D eigenvalue weighted by Gasteiger charge is -2.09. The summed E-state index contributed by atoms with van der Waals surface area (Å²) in [4.78, 5) is 22.8. The molecule has 0 aliphatic heterocycles. The highest BCUT2D eigenvalue weighted by Gasteiger charge is 2.03. The molecule has 3 N–H and O–H groups in total. The minimum Gasteiger partial charge on any atom is -0.385 e. The highest BCUT2D eigenvalue weighted by Crippen LogP contribution is 2.15. The third-order valence-electron chi connectivity index (χ3n) is 2.99. The van der Waals surface area contributed by atoms with Crippen LogP contribution in [0.3, 0.4) is 0 Å². The summed E-state index contributed by atoms with van der Waals surface area (Å²) in [6, 6.07) is 14.3. The van der Waals surface area contributed by atoms with E-state index in [1.165, 1.54) is 6.92 Å². The van der Waals surface area contributed by atoms with Gasteiger partial charge in [0.1, 0.15) is 0 Å². The molecule has 2 aromatic carbocycles. The van der Waals surface area contributed by atoms with E-state index in [0.717, 1.165) is 11.4 Å². The molecule has 0 saturated heterocycles. The molecule has 0 unspecified atom stereocenters. The van der Waals surface area contributed by atoms with Crippen LogP contribution < -0.4 is 16.0 Å². The summed E-state index contributed by atoms with van der Waals surface area (Å²) in [7, 11) is 0.